The summed E-state index contributed by atoms with van der Waals surface area (Å²) in [6.45, 7) is 0. The lowest BCUT2D eigenvalue weighted by Gasteiger charge is -2.10. The molecule has 3 rings (SSSR count). The molecule has 0 N–H and O–H groups in total. The maximum absolute atomic E-state index is 12.4. The summed E-state index contributed by atoms with van der Waals surface area (Å²) >= 11 is 1.43. The third-order valence-electron chi connectivity index (χ3n) is 3.93. The van der Waals surface area contributed by atoms with Crippen molar-refractivity contribution in [2.75, 3.05) is 25.6 Å². The van der Waals surface area contributed by atoms with Crippen molar-refractivity contribution in [1.82, 2.24) is 23.5 Å². The molecule has 10 heteroatoms. The zero-order chi connectivity index (χ0) is 18.2. The van der Waals surface area contributed by atoms with Crippen molar-refractivity contribution < 1.29 is 8.42 Å². The van der Waals surface area contributed by atoms with Gasteiger partial charge in [-0.3, -0.25) is 13.8 Å². The van der Waals surface area contributed by atoms with Crippen LogP contribution in [0.25, 0.3) is 16.7 Å². The van der Waals surface area contributed by atoms with Gasteiger partial charge in [-0.25, -0.2) is 12.7 Å². The van der Waals surface area contributed by atoms with Crippen LogP contribution >= 0.6 is 11.8 Å². The topological polar surface area (TPSA) is 89.6 Å². The summed E-state index contributed by atoms with van der Waals surface area (Å²) in [6, 6.07) is 7.31. The molecule has 0 amide bonds. The fourth-order valence-corrected chi connectivity index (χ4v) is 4.43. The average Bonchev–Trinajstić information content (AvgIpc) is 3.00. The highest BCUT2D eigenvalue weighted by Crippen LogP contribution is 2.21. The van der Waals surface area contributed by atoms with E-state index in [0.29, 0.717) is 28.5 Å². The summed E-state index contributed by atoms with van der Waals surface area (Å²) in [6.07, 6.45) is 0.504. The van der Waals surface area contributed by atoms with E-state index in [0.717, 1.165) is 5.52 Å². The maximum atomic E-state index is 12.4. The molecule has 2 heterocycles. The number of thioether (sulfide) groups is 1. The van der Waals surface area contributed by atoms with Crippen molar-refractivity contribution in [2.24, 2.45) is 7.05 Å². The van der Waals surface area contributed by atoms with E-state index in [4.69, 9.17) is 0 Å². The molecule has 0 radical (unpaired) electrons. The lowest BCUT2D eigenvalue weighted by atomic mass is 10.2. The fourth-order valence-electron chi connectivity index (χ4n) is 2.49. The zero-order valence-electron chi connectivity index (χ0n) is 14.2. The zero-order valence-corrected chi connectivity index (χ0v) is 15.8. The molecule has 0 unspecified atom stereocenters. The maximum Gasteiger partial charge on any atom is 0.262 e. The molecule has 2 aromatic heterocycles. The molecule has 8 nitrogen and oxygen atoms in total. The monoisotopic (exact) mass is 381 g/mol. The number of benzene rings is 1. The highest BCUT2D eigenvalue weighted by molar-refractivity contribution is 7.99. The van der Waals surface area contributed by atoms with Gasteiger partial charge in [0.15, 0.2) is 5.16 Å². The summed E-state index contributed by atoms with van der Waals surface area (Å²) in [5, 5.41) is 9.52. The van der Waals surface area contributed by atoms with Crippen LogP contribution in [0.3, 0.4) is 0 Å². The molecule has 0 saturated heterocycles. The summed E-state index contributed by atoms with van der Waals surface area (Å²) in [5.41, 5.74) is 0.623. The Balaban J connectivity index is 1.90. The summed E-state index contributed by atoms with van der Waals surface area (Å²) in [5.74, 6) is 1.14. The Morgan fingerprint density at radius 2 is 1.92 bits per heavy atom. The van der Waals surface area contributed by atoms with Crippen LogP contribution in [0.5, 0.6) is 0 Å². The second-order valence-corrected chi connectivity index (χ2v) is 9.16. The van der Waals surface area contributed by atoms with Crippen molar-refractivity contribution in [2.45, 2.75) is 11.6 Å². The minimum absolute atomic E-state index is 0.0863. The number of hydrogen-bond acceptors (Lipinski definition) is 6. The van der Waals surface area contributed by atoms with E-state index in [-0.39, 0.29) is 11.3 Å². The smallest absolute Gasteiger partial charge is 0.262 e. The summed E-state index contributed by atoms with van der Waals surface area (Å²) < 4.78 is 28.1. The number of para-hydroxylation sites is 1. The molecular formula is C15H19N5O3S2. The molecule has 0 aliphatic rings. The van der Waals surface area contributed by atoms with E-state index >= 15 is 0 Å². The van der Waals surface area contributed by atoms with Crippen molar-refractivity contribution in [3.63, 3.8) is 0 Å². The van der Waals surface area contributed by atoms with E-state index in [1.165, 1.54) is 34.7 Å². The van der Waals surface area contributed by atoms with Gasteiger partial charge in [-0.2, -0.15) is 0 Å². The Labute approximate surface area is 149 Å². The summed E-state index contributed by atoms with van der Waals surface area (Å²) in [4.78, 5) is 12.4. The number of nitrogens with zero attached hydrogens (tertiary/aromatic N) is 5. The molecule has 0 saturated carbocycles. The fraction of sp³-hybridized carbons (Fsp3) is 0.400. The second-order valence-electron chi connectivity index (χ2n) is 5.80. The van der Waals surface area contributed by atoms with Crippen LogP contribution in [0, 0.1) is 0 Å². The minimum Gasteiger partial charge on any atom is -0.279 e. The molecule has 0 aliphatic carbocycles. The lowest BCUT2D eigenvalue weighted by Crippen LogP contribution is -2.25. The molecule has 25 heavy (non-hydrogen) atoms. The third kappa shape index (κ3) is 3.29. The van der Waals surface area contributed by atoms with Crippen LogP contribution in [0.2, 0.25) is 0 Å². The Morgan fingerprint density at radius 1 is 1.20 bits per heavy atom. The first-order valence-electron chi connectivity index (χ1n) is 7.69. The number of rotatable bonds is 6. The first-order valence-corrected chi connectivity index (χ1v) is 10.3. The van der Waals surface area contributed by atoms with Crippen LogP contribution in [0.4, 0.5) is 0 Å². The highest BCUT2D eigenvalue weighted by atomic mass is 32.2. The predicted molar refractivity (Wildman–Crippen MR) is 98.5 cm³/mol. The number of aryl methyl sites for hydroxylation is 1. The minimum atomic E-state index is -3.20. The summed E-state index contributed by atoms with van der Waals surface area (Å²) in [7, 11) is 1.52. The molecule has 0 fully saturated rings. The van der Waals surface area contributed by atoms with Crippen molar-refractivity contribution >= 4 is 38.5 Å². The molecule has 0 aliphatic heterocycles. The van der Waals surface area contributed by atoms with E-state index in [1.807, 2.05) is 22.6 Å². The molecule has 1 aromatic carbocycles. The lowest BCUT2D eigenvalue weighted by molar-refractivity contribution is 0.520. The van der Waals surface area contributed by atoms with E-state index < -0.39 is 10.0 Å². The Morgan fingerprint density at radius 3 is 2.64 bits per heavy atom. The van der Waals surface area contributed by atoms with Gasteiger partial charge >= 0.3 is 0 Å². The van der Waals surface area contributed by atoms with Crippen LogP contribution < -0.4 is 5.56 Å². The first kappa shape index (κ1) is 17.9. The molecular weight excluding hydrogens is 362 g/mol. The Kier molecular flexibility index (Phi) is 4.85. The number of aromatic nitrogens is 4. The first-order chi connectivity index (χ1) is 11.8. The number of hydrogen-bond donors (Lipinski definition) is 0. The van der Waals surface area contributed by atoms with Gasteiger partial charge in [0.25, 0.3) is 5.56 Å². The normalized spacial score (nSPS) is 12.5. The van der Waals surface area contributed by atoms with Gasteiger partial charge in [0.05, 0.1) is 16.7 Å². The van der Waals surface area contributed by atoms with Gasteiger partial charge in [-0.1, -0.05) is 23.9 Å². The van der Waals surface area contributed by atoms with Crippen LogP contribution in [0.15, 0.2) is 34.2 Å². The quantitative estimate of drug-likeness (QED) is 0.467. The SMILES string of the molecule is CN(C)S(=O)(=O)CCCSc1nnc2n(C)c(=O)c3ccccc3n12. The van der Waals surface area contributed by atoms with Gasteiger partial charge < -0.3 is 0 Å². The number of sulfonamides is 1. The van der Waals surface area contributed by atoms with Gasteiger partial charge in [-0.05, 0) is 18.6 Å². The molecule has 0 atom stereocenters. The predicted octanol–water partition coefficient (Wildman–Crippen LogP) is 0.955. The standard InChI is InChI=1S/C15H19N5O3S2/c1-18(2)25(22,23)10-6-9-24-15-17-16-14-19(3)13(21)11-7-4-5-8-12(11)20(14)15/h4-5,7-8H,6,9-10H2,1-3H3. The largest absolute Gasteiger partial charge is 0.279 e. The van der Waals surface area contributed by atoms with Gasteiger partial charge in [0, 0.05) is 26.9 Å². The number of fused-ring (bicyclic) bond motifs is 3. The highest BCUT2D eigenvalue weighted by Gasteiger charge is 2.16. The molecule has 134 valence electrons. The Hall–Kier alpha value is -1.91. The van der Waals surface area contributed by atoms with Crippen molar-refractivity contribution in [1.29, 1.82) is 0 Å². The van der Waals surface area contributed by atoms with Crippen LogP contribution in [-0.4, -0.2) is 57.5 Å². The van der Waals surface area contributed by atoms with E-state index in [1.54, 1.807) is 13.1 Å². The van der Waals surface area contributed by atoms with Gasteiger partial charge in [0.2, 0.25) is 15.8 Å². The van der Waals surface area contributed by atoms with E-state index in [9.17, 15) is 13.2 Å². The average molecular weight is 381 g/mol. The van der Waals surface area contributed by atoms with Crippen molar-refractivity contribution in [3.05, 3.63) is 34.6 Å². The van der Waals surface area contributed by atoms with Crippen molar-refractivity contribution in [3.8, 4) is 0 Å². The molecule has 0 spiro atoms. The van der Waals surface area contributed by atoms with Gasteiger partial charge in [-0.15, -0.1) is 10.2 Å². The second kappa shape index (κ2) is 6.77. The Bertz CT molecular complexity index is 1090. The van der Waals surface area contributed by atoms with Gasteiger partial charge in [0.1, 0.15) is 0 Å². The van der Waals surface area contributed by atoms with Crippen LogP contribution in [-0.2, 0) is 17.1 Å². The van der Waals surface area contributed by atoms with Crippen LogP contribution in [0.1, 0.15) is 6.42 Å². The molecule has 3 aromatic rings. The van der Waals surface area contributed by atoms with E-state index in [2.05, 4.69) is 10.2 Å². The molecule has 0 bridgehead atoms. The third-order valence-corrected chi connectivity index (χ3v) is 6.86.